The fourth-order valence-electron chi connectivity index (χ4n) is 2.62. The smallest absolute Gasteiger partial charge is 0.410 e. The molecule has 0 radical (unpaired) electrons. The molecule has 3 N–H and O–H groups in total. The SMILES string of the molecule is N[C@H](CC1CCN(C(=O)OCc2ccccc2)CC1)C(=O)O. The highest BCUT2D eigenvalue weighted by Gasteiger charge is 2.26. The molecule has 1 saturated heterocycles. The molecule has 1 aliphatic heterocycles. The van der Waals surface area contributed by atoms with Crippen LogP contribution < -0.4 is 5.73 Å². The van der Waals surface area contributed by atoms with Crippen molar-refractivity contribution in [2.75, 3.05) is 13.1 Å². The van der Waals surface area contributed by atoms with Crippen LogP contribution in [0.3, 0.4) is 0 Å². The number of hydrogen-bond donors (Lipinski definition) is 2. The Morgan fingerprint density at radius 2 is 1.91 bits per heavy atom. The van der Waals surface area contributed by atoms with Gasteiger partial charge in [0.15, 0.2) is 0 Å². The lowest BCUT2D eigenvalue weighted by Gasteiger charge is -2.31. The second kappa shape index (κ2) is 7.79. The van der Waals surface area contributed by atoms with Crippen LogP contribution in [0.2, 0.25) is 0 Å². The highest BCUT2D eigenvalue weighted by molar-refractivity contribution is 5.73. The van der Waals surface area contributed by atoms with E-state index in [1.807, 2.05) is 30.3 Å². The van der Waals surface area contributed by atoms with Gasteiger partial charge in [0.25, 0.3) is 0 Å². The number of carbonyl (C=O) groups excluding carboxylic acids is 1. The largest absolute Gasteiger partial charge is 0.480 e. The molecule has 120 valence electrons. The minimum Gasteiger partial charge on any atom is -0.480 e. The van der Waals surface area contributed by atoms with Crippen molar-refractivity contribution in [3.8, 4) is 0 Å². The Morgan fingerprint density at radius 1 is 1.27 bits per heavy atom. The number of piperidine rings is 1. The average Bonchev–Trinajstić information content (AvgIpc) is 2.54. The molecule has 1 aromatic rings. The zero-order valence-corrected chi connectivity index (χ0v) is 12.5. The van der Waals surface area contributed by atoms with Crippen molar-refractivity contribution in [1.29, 1.82) is 0 Å². The molecular weight excluding hydrogens is 284 g/mol. The van der Waals surface area contributed by atoms with Gasteiger partial charge >= 0.3 is 12.1 Å². The van der Waals surface area contributed by atoms with E-state index in [4.69, 9.17) is 15.6 Å². The normalized spacial score (nSPS) is 17.0. The third-order valence-corrected chi connectivity index (χ3v) is 3.98. The first-order chi connectivity index (χ1) is 10.6. The Labute approximate surface area is 129 Å². The average molecular weight is 306 g/mol. The van der Waals surface area contributed by atoms with E-state index in [2.05, 4.69) is 0 Å². The van der Waals surface area contributed by atoms with Crippen LogP contribution >= 0.6 is 0 Å². The molecular formula is C16H22N2O4. The number of benzene rings is 1. The highest BCUT2D eigenvalue weighted by Crippen LogP contribution is 2.22. The number of likely N-dealkylation sites (tertiary alicyclic amines) is 1. The van der Waals surface area contributed by atoms with E-state index in [9.17, 15) is 9.59 Å². The first-order valence-electron chi connectivity index (χ1n) is 7.50. The maximum atomic E-state index is 12.0. The van der Waals surface area contributed by atoms with E-state index >= 15 is 0 Å². The van der Waals surface area contributed by atoms with Gasteiger partial charge in [0, 0.05) is 13.1 Å². The molecule has 1 aromatic carbocycles. The molecule has 1 aliphatic rings. The number of aliphatic carboxylic acids is 1. The molecule has 6 heteroatoms. The summed E-state index contributed by atoms with van der Waals surface area (Å²) in [5, 5.41) is 8.82. The van der Waals surface area contributed by atoms with Gasteiger partial charge in [-0.25, -0.2) is 4.79 Å². The van der Waals surface area contributed by atoms with E-state index < -0.39 is 12.0 Å². The minimum absolute atomic E-state index is 0.254. The van der Waals surface area contributed by atoms with Crippen LogP contribution in [0.4, 0.5) is 4.79 Å². The zero-order chi connectivity index (χ0) is 15.9. The van der Waals surface area contributed by atoms with Crippen molar-refractivity contribution in [2.45, 2.75) is 31.9 Å². The van der Waals surface area contributed by atoms with Crippen LogP contribution in [0.15, 0.2) is 30.3 Å². The summed E-state index contributed by atoms with van der Waals surface area (Å²) in [5.74, 6) is -0.714. The molecule has 1 atom stereocenters. The Morgan fingerprint density at radius 3 is 2.50 bits per heavy atom. The van der Waals surface area contributed by atoms with Crippen LogP contribution in [0.5, 0.6) is 0 Å². The minimum atomic E-state index is -0.968. The molecule has 0 aliphatic carbocycles. The maximum Gasteiger partial charge on any atom is 0.410 e. The quantitative estimate of drug-likeness (QED) is 0.866. The van der Waals surface area contributed by atoms with Gasteiger partial charge in [-0.2, -0.15) is 0 Å². The van der Waals surface area contributed by atoms with Gasteiger partial charge in [0.1, 0.15) is 12.6 Å². The van der Waals surface area contributed by atoms with E-state index in [-0.39, 0.29) is 18.6 Å². The number of amides is 1. The summed E-state index contributed by atoms with van der Waals surface area (Å²) in [6.07, 6.45) is 1.68. The number of carbonyl (C=O) groups is 2. The lowest BCUT2D eigenvalue weighted by molar-refractivity contribution is -0.139. The van der Waals surface area contributed by atoms with Gasteiger partial charge in [0.05, 0.1) is 0 Å². The Hall–Kier alpha value is -2.08. The Kier molecular flexibility index (Phi) is 5.77. The standard InChI is InChI=1S/C16H22N2O4/c17-14(15(19)20)10-12-6-8-18(9-7-12)16(21)22-11-13-4-2-1-3-5-13/h1-5,12,14H,6-11,17H2,(H,19,20)/t14-/m1/s1. The van der Waals surface area contributed by atoms with Gasteiger partial charge in [0.2, 0.25) is 0 Å². The molecule has 1 amide bonds. The van der Waals surface area contributed by atoms with Crippen molar-refractivity contribution in [1.82, 2.24) is 4.90 Å². The lowest BCUT2D eigenvalue weighted by Crippen LogP contribution is -2.41. The zero-order valence-electron chi connectivity index (χ0n) is 12.5. The topological polar surface area (TPSA) is 92.9 Å². The van der Waals surface area contributed by atoms with Gasteiger partial charge in [-0.3, -0.25) is 4.79 Å². The second-order valence-electron chi connectivity index (χ2n) is 5.65. The summed E-state index contributed by atoms with van der Waals surface area (Å²) in [4.78, 5) is 24.4. The van der Waals surface area contributed by atoms with E-state index in [1.54, 1.807) is 4.90 Å². The number of ether oxygens (including phenoxy) is 1. The fourth-order valence-corrected chi connectivity index (χ4v) is 2.62. The molecule has 0 aromatic heterocycles. The number of hydrogen-bond acceptors (Lipinski definition) is 4. The molecule has 22 heavy (non-hydrogen) atoms. The number of carboxylic acid groups (broad SMARTS) is 1. The molecule has 1 heterocycles. The van der Waals surface area contributed by atoms with Gasteiger partial charge in [-0.05, 0) is 30.7 Å². The van der Waals surface area contributed by atoms with Crippen LogP contribution in [0.1, 0.15) is 24.8 Å². The molecule has 1 fully saturated rings. The van der Waals surface area contributed by atoms with Gasteiger partial charge in [-0.1, -0.05) is 30.3 Å². The molecule has 0 spiro atoms. The molecule has 2 rings (SSSR count). The summed E-state index contributed by atoms with van der Waals surface area (Å²) in [5.41, 5.74) is 6.51. The summed E-state index contributed by atoms with van der Waals surface area (Å²) in [6.45, 7) is 1.44. The molecule has 0 unspecified atom stereocenters. The second-order valence-corrected chi connectivity index (χ2v) is 5.65. The van der Waals surface area contributed by atoms with Crippen molar-refractivity contribution in [2.24, 2.45) is 11.7 Å². The van der Waals surface area contributed by atoms with Gasteiger partial charge < -0.3 is 20.5 Å². The summed E-state index contributed by atoms with van der Waals surface area (Å²) in [7, 11) is 0. The van der Waals surface area contributed by atoms with Crippen LogP contribution in [-0.2, 0) is 16.1 Å². The number of carboxylic acids is 1. The van der Waals surface area contributed by atoms with Crippen LogP contribution in [-0.4, -0.2) is 41.2 Å². The first-order valence-corrected chi connectivity index (χ1v) is 7.50. The van der Waals surface area contributed by atoms with Crippen molar-refractivity contribution in [3.63, 3.8) is 0 Å². The molecule has 6 nitrogen and oxygen atoms in total. The van der Waals surface area contributed by atoms with E-state index in [1.165, 1.54) is 0 Å². The third-order valence-electron chi connectivity index (χ3n) is 3.98. The third kappa shape index (κ3) is 4.73. The predicted octanol–water partition coefficient (Wildman–Crippen LogP) is 1.84. The van der Waals surface area contributed by atoms with Crippen LogP contribution in [0.25, 0.3) is 0 Å². The van der Waals surface area contributed by atoms with Crippen molar-refractivity contribution >= 4 is 12.1 Å². The lowest BCUT2D eigenvalue weighted by atomic mass is 9.90. The van der Waals surface area contributed by atoms with Crippen LogP contribution in [0, 0.1) is 5.92 Å². The predicted molar refractivity (Wildman–Crippen MR) is 81.2 cm³/mol. The molecule has 0 bridgehead atoms. The van der Waals surface area contributed by atoms with Gasteiger partial charge in [-0.15, -0.1) is 0 Å². The highest BCUT2D eigenvalue weighted by atomic mass is 16.6. The summed E-state index contributed by atoms with van der Waals surface area (Å²) in [6, 6.07) is 8.72. The monoisotopic (exact) mass is 306 g/mol. The summed E-state index contributed by atoms with van der Waals surface area (Å²) < 4.78 is 5.29. The number of nitrogens with two attached hydrogens (primary N) is 1. The fraction of sp³-hybridized carbons (Fsp3) is 0.500. The van der Waals surface area contributed by atoms with Crippen molar-refractivity contribution in [3.05, 3.63) is 35.9 Å². The maximum absolute atomic E-state index is 12.0. The number of nitrogens with zero attached hydrogens (tertiary/aromatic N) is 1. The molecule has 0 saturated carbocycles. The van der Waals surface area contributed by atoms with Crippen molar-refractivity contribution < 1.29 is 19.4 Å². The van der Waals surface area contributed by atoms with E-state index in [0.29, 0.717) is 19.5 Å². The van der Waals surface area contributed by atoms with E-state index in [0.717, 1.165) is 18.4 Å². The summed E-state index contributed by atoms with van der Waals surface area (Å²) >= 11 is 0. The number of rotatable bonds is 5. The Balaban J connectivity index is 1.72. The first kappa shape index (κ1) is 16.3. The Bertz CT molecular complexity index is 498.